The van der Waals surface area contributed by atoms with E-state index in [9.17, 15) is 4.79 Å². The normalized spacial score (nSPS) is 18.9. The van der Waals surface area contributed by atoms with E-state index in [1.165, 1.54) is 32.1 Å². The lowest BCUT2D eigenvalue weighted by Crippen LogP contribution is -2.34. The van der Waals surface area contributed by atoms with Gasteiger partial charge < -0.3 is 0 Å². The van der Waals surface area contributed by atoms with Crippen LogP contribution in [-0.4, -0.2) is 11.5 Å². The number of nitrogens with one attached hydrogen (secondary N) is 1. The molecule has 1 fully saturated rings. The van der Waals surface area contributed by atoms with Crippen molar-refractivity contribution in [3.05, 3.63) is 0 Å². The van der Waals surface area contributed by atoms with Gasteiger partial charge in [0.05, 0.1) is 5.60 Å². The number of hydroxylamine groups is 1. The van der Waals surface area contributed by atoms with Gasteiger partial charge in [-0.25, -0.2) is 5.48 Å². The molecule has 1 aliphatic rings. The summed E-state index contributed by atoms with van der Waals surface area (Å²) in [6, 6.07) is 0. The molecular formula is C12H23NO2. The van der Waals surface area contributed by atoms with Crippen LogP contribution in [0.3, 0.4) is 0 Å². The Morgan fingerprint density at radius 2 is 1.87 bits per heavy atom. The van der Waals surface area contributed by atoms with Crippen molar-refractivity contribution in [1.29, 1.82) is 0 Å². The molecule has 3 heteroatoms. The number of amides is 1. The second-order valence-corrected chi connectivity index (χ2v) is 5.45. The van der Waals surface area contributed by atoms with Crippen molar-refractivity contribution in [2.45, 2.75) is 64.9 Å². The first kappa shape index (κ1) is 12.5. The number of carbonyl (C=O) groups excluding carboxylic acids is 1. The highest BCUT2D eigenvalue weighted by atomic mass is 16.7. The molecule has 0 heterocycles. The molecule has 3 nitrogen and oxygen atoms in total. The maximum atomic E-state index is 11.5. The third-order valence-electron chi connectivity index (χ3n) is 2.67. The first-order valence-electron chi connectivity index (χ1n) is 5.94. The van der Waals surface area contributed by atoms with Crippen molar-refractivity contribution in [1.82, 2.24) is 5.48 Å². The van der Waals surface area contributed by atoms with Crippen LogP contribution in [-0.2, 0) is 9.63 Å². The van der Waals surface area contributed by atoms with Crippen LogP contribution >= 0.6 is 0 Å². The third-order valence-corrected chi connectivity index (χ3v) is 2.67. The molecule has 0 spiro atoms. The molecule has 0 bridgehead atoms. The summed E-state index contributed by atoms with van der Waals surface area (Å²) in [6.45, 7) is 5.77. The fourth-order valence-corrected chi connectivity index (χ4v) is 1.91. The zero-order valence-electron chi connectivity index (χ0n) is 10.1. The largest absolute Gasteiger partial charge is 0.273 e. The van der Waals surface area contributed by atoms with E-state index in [1.807, 2.05) is 20.8 Å². The fraction of sp³-hybridized carbons (Fsp3) is 0.917. The van der Waals surface area contributed by atoms with Gasteiger partial charge in [-0.1, -0.05) is 19.3 Å². The van der Waals surface area contributed by atoms with E-state index in [-0.39, 0.29) is 11.5 Å². The quantitative estimate of drug-likeness (QED) is 0.732. The van der Waals surface area contributed by atoms with Crippen molar-refractivity contribution in [3.63, 3.8) is 0 Å². The van der Waals surface area contributed by atoms with E-state index in [1.54, 1.807) is 0 Å². The lowest BCUT2D eigenvalue weighted by Gasteiger charge is -2.23. The highest BCUT2D eigenvalue weighted by molar-refractivity contribution is 5.75. The Bertz CT molecular complexity index is 202. The Morgan fingerprint density at radius 1 is 1.27 bits per heavy atom. The van der Waals surface area contributed by atoms with Gasteiger partial charge in [0, 0.05) is 6.42 Å². The molecule has 0 atom stereocenters. The second-order valence-electron chi connectivity index (χ2n) is 5.45. The highest BCUT2D eigenvalue weighted by Gasteiger charge is 2.18. The molecule has 88 valence electrons. The van der Waals surface area contributed by atoms with E-state index in [0.29, 0.717) is 12.3 Å². The lowest BCUT2D eigenvalue weighted by molar-refractivity contribution is -0.146. The molecule has 0 aliphatic heterocycles. The minimum absolute atomic E-state index is 0.0248. The van der Waals surface area contributed by atoms with Gasteiger partial charge in [0.2, 0.25) is 5.91 Å². The van der Waals surface area contributed by atoms with Crippen molar-refractivity contribution >= 4 is 5.91 Å². The maximum Gasteiger partial charge on any atom is 0.243 e. The highest BCUT2D eigenvalue weighted by Crippen LogP contribution is 2.26. The standard InChI is InChI=1S/C12H23NO2/c1-12(2,3)15-13-11(14)9-10-7-5-4-6-8-10/h10H,4-9H2,1-3H3,(H,13,14). The Labute approximate surface area is 92.5 Å². The average Bonchev–Trinajstić information content (AvgIpc) is 2.15. The molecule has 0 unspecified atom stereocenters. The summed E-state index contributed by atoms with van der Waals surface area (Å²) in [5, 5.41) is 0. The van der Waals surface area contributed by atoms with Gasteiger partial charge in [-0.3, -0.25) is 9.63 Å². The van der Waals surface area contributed by atoms with Gasteiger partial charge in [0.25, 0.3) is 0 Å². The summed E-state index contributed by atoms with van der Waals surface area (Å²) >= 11 is 0. The van der Waals surface area contributed by atoms with Crippen molar-refractivity contribution in [2.75, 3.05) is 0 Å². The third kappa shape index (κ3) is 5.78. The molecular weight excluding hydrogens is 190 g/mol. The SMILES string of the molecule is CC(C)(C)ONC(=O)CC1CCCCC1. The summed E-state index contributed by atoms with van der Waals surface area (Å²) in [7, 11) is 0. The van der Waals surface area contributed by atoms with E-state index in [4.69, 9.17) is 4.84 Å². The smallest absolute Gasteiger partial charge is 0.243 e. The summed E-state index contributed by atoms with van der Waals surface area (Å²) in [5.41, 5.74) is 2.23. The molecule has 1 N–H and O–H groups in total. The topological polar surface area (TPSA) is 38.3 Å². The summed E-state index contributed by atoms with van der Waals surface area (Å²) in [4.78, 5) is 16.8. The molecule has 0 aromatic rings. The van der Waals surface area contributed by atoms with Gasteiger partial charge in [0.1, 0.15) is 0 Å². The number of hydrogen-bond donors (Lipinski definition) is 1. The second kappa shape index (κ2) is 5.50. The molecule has 1 saturated carbocycles. The molecule has 15 heavy (non-hydrogen) atoms. The number of carbonyl (C=O) groups is 1. The van der Waals surface area contributed by atoms with Crippen molar-refractivity contribution < 1.29 is 9.63 Å². The Hall–Kier alpha value is -0.570. The van der Waals surface area contributed by atoms with Crippen LogP contribution in [0.5, 0.6) is 0 Å². The van der Waals surface area contributed by atoms with Crippen LogP contribution in [0.4, 0.5) is 0 Å². The van der Waals surface area contributed by atoms with Crippen molar-refractivity contribution in [3.8, 4) is 0 Å². The fourth-order valence-electron chi connectivity index (χ4n) is 1.91. The van der Waals surface area contributed by atoms with Gasteiger partial charge >= 0.3 is 0 Å². The Kier molecular flexibility index (Phi) is 4.58. The monoisotopic (exact) mass is 213 g/mol. The molecule has 0 radical (unpaired) electrons. The number of rotatable bonds is 3. The van der Waals surface area contributed by atoms with Crippen LogP contribution in [0, 0.1) is 5.92 Å². The van der Waals surface area contributed by atoms with Crippen LogP contribution in [0.2, 0.25) is 0 Å². The van der Waals surface area contributed by atoms with Gasteiger partial charge in [0.15, 0.2) is 0 Å². The predicted molar refractivity (Wildman–Crippen MR) is 60.2 cm³/mol. The minimum Gasteiger partial charge on any atom is -0.273 e. The van der Waals surface area contributed by atoms with Gasteiger partial charge in [-0.05, 0) is 39.5 Å². The predicted octanol–water partition coefficient (Wildman–Crippen LogP) is 2.80. The molecule has 1 amide bonds. The average molecular weight is 213 g/mol. The number of hydrogen-bond acceptors (Lipinski definition) is 2. The van der Waals surface area contributed by atoms with Gasteiger partial charge in [-0.15, -0.1) is 0 Å². The molecule has 0 aromatic heterocycles. The van der Waals surface area contributed by atoms with E-state index < -0.39 is 0 Å². The molecule has 0 aromatic carbocycles. The molecule has 1 aliphatic carbocycles. The summed E-state index contributed by atoms with van der Waals surface area (Å²) < 4.78 is 0. The van der Waals surface area contributed by atoms with E-state index in [2.05, 4.69) is 5.48 Å². The first-order valence-corrected chi connectivity index (χ1v) is 5.94. The lowest BCUT2D eigenvalue weighted by atomic mass is 9.87. The Morgan fingerprint density at radius 3 is 2.40 bits per heavy atom. The van der Waals surface area contributed by atoms with Crippen molar-refractivity contribution in [2.24, 2.45) is 5.92 Å². The zero-order valence-corrected chi connectivity index (χ0v) is 10.1. The van der Waals surface area contributed by atoms with Gasteiger partial charge in [-0.2, -0.15) is 0 Å². The maximum absolute atomic E-state index is 11.5. The minimum atomic E-state index is -0.303. The summed E-state index contributed by atoms with van der Waals surface area (Å²) in [6.07, 6.45) is 6.90. The van der Waals surface area contributed by atoms with Crippen LogP contribution < -0.4 is 5.48 Å². The molecule has 1 rings (SSSR count). The zero-order chi connectivity index (χ0) is 11.3. The van der Waals surface area contributed by atoms with E-state index in [0.717, 1.165) is 0 Å². The summed E-state index contributed by atoms with van der Waals surface area (Å²) in [5.74, 6) is 0.596. The van der Waals surface area contributed by atoms with Crippen LogP contribution in [0.1, 0.15) is 59.3 Å². The first-order chi connectivity index (χ1) is 6.97. The Balaban J connectivity index is 2.17. The van der Waals surface area contributed by atoms with Crippen LogP contribution in [0.15, 0.2) is 0 Å². The van der Waals surface area contributed by atoms with E-state index >= 15 is 0 Å². The van der Waals surface area contributed by atoms with Crippen LogP contribution in [0.25, 0.3) is 0 Å². The molecule has 0 saturated heterocycles.